The molecule has 0 aromatic rings. The first-order valence-corrected chi connectivity index (χ1v) is 20.0. The van der Waals surface area contributed by atoms with Gasteiger partial charge in [0.2, 0.25) is 0 Å². The Bertz CT molecular complexity index is 987. The van der Waals surface area contributed by atoms with Crippen LogP contribution >= 0.6 is 0 Å². The van der Waals surface area contributed by atoms with Crippen molar-refractivity contribution in [3.05, 3.63) is 0 Å². The van der Waals surface area contributed by atoms with Crippen LogP contribution < -0.4 is 5.32 Å². The molecule has 0 bridgehead atoms. The molecule has 0 aromatic heterocycles. The largest absolute Gasteiger partial charge is 0.480 e. The summed E-state index contributed by atoms with van der Waals surface area (Å²) in [5, 5.41) is 31.3. The number of carboxylic acids is 3. The molecule has 0 aromatic carbocycles. The van der Waals surface area contributed by atoms with Crippen molar-refractivity contribution < 1.29 is 72.4 Å². The predicted octanol–water partition coefficient (Wildman–Crippen LogP) is -1.24. The van der Waals surface area contributed by atoms with Crippen molar-refractivity contribution in [2.24, 2.45) is 5.92 Å². The van der Waals surface area contributed by atoms with Gasteiger partial charge in [0.05, 0.1) is 119 Å². The second-order valence-corrected chi connectivity index (χ2v) is 13.7. The topological polar surface area (TPSA) is 228 Å². The third-order valence-electron chi connectivity index (χ3n) is 8.51. The molecule has 0 aliphatic carbocycles. The molecular formula is C37H71N5O15. The van der Waals surface area contributed by atoms with E-state index in [9.17, 15) is 34.5 Å². The van der Waals surface area contributed by atoms with Crippen molar-refractivity contribution in [3.8, 4) is 0 Å². The highest BCUT2D eigenvalue weighted by Crippen LogP contribution is 2.04. The average molecular weight is 826 g/mol. The van der Waals surface area contributed by atoms with Gasteiger partial charge in [-0.2, -0.15) is 0 Å². The van der Waals surface area contributed by atoms with E-state index >= 15 is 0 Å². The molecule has 4 N–H and O–H groups in total. The van der Waals surface area contributed by atoms with Gasteiger partial charge in [0, 0.05) is 65.5 Å². The monoisotopic (exact) mass is 825 g/mol. The average Bonchev–Trinajstić information content (AvgIpc) is 3.15. The molecule has 1 saturated heterocycles. The summed E-state index contributed by atoms with van der Waals surface area (Å²) >= 11 is 0. The van der Waals surface area contributed by atoms with Gasteiger partial charge >= 0.3 is 17.9 Å². The van der Waals surface area contributed by atoms with Crippen LogP contribution in [0.4, 0.5) is 0 Å². The summed E-state index contributed by atoms with van der Waals surface area (Å²) in [6.45, 7) is 14.0. The molecule has 0 saturated carbocycles. The number of aliphatic carboxylic acids is 3. The van der Waals surface area contributed by atoms with Crippen LogP contribution in [0.25, 0.3) is 0 Å². The van der Waals surface area contributed by atoms with Crippen molar-refractivity contribution in [2.45, 2.75) is 26.4 Å². The molecule has 1 fully saturated rings. The lowest BCUT2D eigenvalue weighted by Gasteiger charge is -2.35. The fourth-order valence-corrected chi connectivity index (χ4v) is 5.38. The van der Waals surface area contributed by atoms with E-state index in [-0.39, 0.29) is 19.6 Å². The lowest BCUT2D eigenvalue weighted by molar-refractivity contribution is -0.140. The Labute approximate surface area is 337 Å². The van der Waals surface area contributed by atoms with Gasteiger partial charge in [-0.1, -0.05) is 13.8 Å². The molecule has 1 aliphatic heterocycles. The fraction of sp³-hybridized carbons (Fsp3) is 0.892. The first-order valence-electron chi connectivity index (χ1n) is 20.0. The highest BCUT2D eigenvalue weighted by molar-refractivity contribution is 5.70. The second-order valence-electron chi connectivity index (χ2n) is 13.7. The van der Waals surface area contributed by atoms with E-state index in [0.717, 1.165) is 19.3 Å². The molecule has 0 radical (unpaired) electrons. The molecule has 57 heavy (non-hydrogen) atoms. The van der Waals surface area contributed by atoms with E-state index in [2.05, 4.69) is 19.2 Å². The maximum atomic E-state index is 12.1. The molecule has 1 aliphatic rings. The maximum Gasteiger partial charge on any atom is 0.317 e. The van der Waals surface area contributed by atoms with Crippen LogP contribution in [-0.4, -0.2) is 250 Å². The van der Waals surface area contributed by atoms with E-state index in [0.29, 0.717) is 164 Å². The fourth-order valence-electron chi connectivity index (χ4n) is 5.38. The Balaban J connectivity index is 2.15. The van der Waals surface area contributed by atoms with Crippen LogP contribution in [0.15, 0.2) is 0 Å². The summed E-state index contributed by atoms with van der Waals surface area (Å²) < 4.78 is 44.1. The Morgan fingerprint density at radius 3 is 1.05 bits per heavy atom. The van der Waals surface area contributed by atoms with Crippen LogP contribution in [0.2, 0.25) is 0 Å². The standard InChI is InChI=1S/C37H71N5O15/c1-33(2)3-13-50-15-17-52-19-21-54-23-25-56-27-28-57-26-24-55-22-20-53-18-16-51-14-4-38-34(32-43)42-11-9-40(30-36(46)47)7-5-39(29-35(44)45)6-8-41(10-12-42)31-37(48)49/h32-34,38H,3-31H2,1-2H3,(H,44,45)(H,46,47)(H,48,49). The first-order chi connectivity index (χ1) is 27.6. The zero-order valence-corrected chi connectivity index (χ0v) is 34.3. The first kappa shape index (κ1) is 52.6. The molecule has 1 atom stereocenters. The van der Waals surface area contributed by atoms with Crippen molar-refractivity contribution in [1.82, 2.24) is 24.9 Å². The lowest BCUT2D eigenvalue weighted by atomic mass is 10.1. The summed E-state index contributed by atoms with van der Waals surface area (Å²) in [4.78, 5) is 53.5. The number of nitrogens with zero attached hydrogens (tertiary/aromatic N) is 4. The summed E-state index contributed by atoms with van der Waals surface area (Å²) in [5.41, 5.74) is 0. The van der Waals surface area contributed by atoms with E-state index in [1.54, 1.807) is 14.7 Å². The third kappa shape index (κ3) is 33.1. The van der Waals surface area contributed by atoms with Gasteiger partial charge in [0.1, 0.15) is 6.17 Å². The summed E-state index contributed by atoms with van der Waals surface area (Å²) in [7, 11) is 0. The molecule has 1 heterocycles. The number of carbonyl (C=O) groups is 4. The maximum absolute atomic E-state index is 12.1. The van der Waals surface area contributed by atoms with E-state index < -0.39 is 24.1 Å². The normalized spacial score (nSPS) is 16.3. The number of hydrogen-bond acceptors (Lipinski definition) is 17. The number of aldehydes is 1. The molecule has 0 spiro atoms. The quantitative estimate of drug-likeness (QED) is 0.0428. The van der Waals surface area contributed by atoms with Gasteiger partial charge in [-0.3, -0.25) is 39.3 Å². The van der Waals surface area contributed by atoms with Crippen molar-refractivity contribution >= 4 is 24.2 Å². The molecule has 334 valence electrons. The molecule has 1 unspecified atom stereocenters. The van der Waals surface area contributed by atoms with Crippen molar-refractivity contribution in [1.29, 1.82) is 0 Å². The Morgan fingerprint density at radius 2 is 0.772 bits per heavy atom. The van der Waals surface area contributed by atoms with Crippen molar-refractivity contribution in [2.75, 3.05) is 184 Å². The summed E-state index contributed by atoms with van der Waals surface area (Å²) in [6, 6.07) is 0. The molecule has 0 amide bonds. The van der Waals surface area contributed by atoms with Crippen LogP contribution in [0.5, 0.6) is 0 Å². The van der Waals surface area contributed by atoms with E-state index in [1.165, 1.54) is 0 Å². The number of nitrogens with one attached hydrogen (secondary N) is 1. The lowest BCUT2D eigenvalue weighted by Crippen LogP contribution is -2.54. The van der Waals surface area contributed by atoms with Gasteiger partial charge < -0.3 is 58.0 Å². The minimum absolute atomic E-state index is 0.239. The SMILES string of the molecule is CC(C)CCOCCOCCOCCOCCOCCOCCOCCOCCNC(C=O)N1CCN(CC(=O)O)CCN(CC(=O)O)CCN(CC(=O)O)CC1. The zero-order chi connectivity index (χ0) is 41.8. The second kappa shape index (κ2) is 36.6. The van der Waals surface area contributed by atoms with Crippen LogP contribution in [0.1, 0.15) is 20.3 Å². The number of hydrogen-bond donors (Lipinski definition) is 4. The van der Waals surface area contributed by atoms with Gasteiger partial charge in [-0.05, 0) is 12.3 Å². The Kier molecular flexibility index (Phi) is 33.8. The predicted molar refractivity (Wildman–Crippen MR) is 208 cm³/mol. The molecule has 20 heteroatoms. The highest BCUT2D eigenvalue weighted by Gasteiger charge is 2.23. The van der Waals surface area contributed by atoms with E-state index in [4.69, 9.17) is 37.9 Å². The van der Waals surface area contributed by atoms with Gasteiger partial charge in [-0.15, -0.1) is 0 Å². The highest BCUT2D eigenvalue weighted by atomic mass is 16.6. The number of ether oxygens (including phenoxy) is 8. The smallest absolute Gasteiger partial charge is 0.317 e. The van der Waals surface area contributed by atoms with Gasteiger partial charge in [-0.25, -0.2) is 0 Å². The van der Waals surface area contributed by atoms with Gasteiger partial charge in [0.25, 0.3) is 0 Å². The van der Waals surface area contributed by atoms with Crippen molar-refractivity contribution in [3.63, 3.8) is 0 Å². The number of carbonyl (C=O) groups excluding carboxylic acids is 1. The Hall–Kier alpha value is -2.44. The minimum atomic E-state index is -1.02. The molecule has 20 nitrogen and oxygen atoms in total. The van der Waals surface area contributed by atoms with Crippen LogP contribution in [-0.2, 0) is 57.1 Å². The van der Waals surface area contributed by atoms with Crippen LogP contribution in [0.3, 0.4) is 0 Å². The minimum Gasteiger partial charge on any atom is -0.480 e. The third-order valence-corrected chi connectivity index (χ3v) is 8.51. The number of carboxylic acid groups (broad SMARTS) is 3. The van der Waals surface area contributed by atoms with Crippen LogP contribution in [0, 0.1) is 5.92 Å². The Morgan fingerprint density at radius 1 is 0.491 bits per heavy atom. The molecule has 1 rings (SSSR count). The van der Waals surface area contributed by atoms with Gasteiger partial charge in [0.15, 0.2) is 6.29 Å². The molecular weight excluding hydrogens is 754 g/mol. The number of rotatable bonds is 36. The zero-order valence-electron chi connectivity index (χ0n) is 34.3. The summed E-state index contributed by atoms with van der Waals surface area (Å²) in [5.74, 6) is -2.41. The summed E-state index contributed by atoms with van der Waals surface area (Å²) in [6.07, 6.45) is 1.10. The van der Waals surface area contributed by atoms with E-state index in [1.807, 2.05) is 4.90 Å².